The Morgan fingerprint density at radius 3 is 2.97 bits per heavy atom. The van der Waals surface area contributed by atoms with Crippen molar-refractivity contribution >= 4 is 33.4 Å². The van der Waals surface area contributed by atoms with Gasteiger partial charge in [-0.15, -0.1) is 0 Å². The summed E-state index contributed by atoms with van der Waals surface area (Å²) in [7, 11) is 0. The van der Waals surface area contributed by atoms with Gasteiger partial charge in [0.15, 0.2) is 0 Å². The highest BCUT2D eigenvalue weighted by atomic mass is 16.3. The normalized spacial score (nSPS) is 19.5. The van der Waals surface area contributed by atoms with Crippen LogP contribution in [0.2, 0.25) is 0 Å². The van der Waals surface area contributed by atoms with Gasteiger partial charge < -0.3 is 25.4 Å². The summed E-state index contributed by atoms with van der Waals surface area (Å²) in [5.41, 5.74) is 4.99. The van der Waals surface area contributed by atoms with Crippen LogP contribution < -0.4 is 10.2 Å². The van der Waals surface area contributed by atoms with E-state index >= 15 is 0 Å². The van der Waals surface area contributed by atoms with Crippen molar-refractivity contribution in [1.29, 1.82) is 0 Å². The molecule has 7 heteroatoms. The van der Waals surface area contributed by atoms with Crippen LogP contribution in [-0.2, 0) is 6.54 Å². The van der Waals surface area contributed by atoms with Gasteiger partial charge in [0.1, 0.15) is 5.82 Å². The first-order valence-electron chi connectivity index (χ1n) is 10.3. The third-order valence-electron chi connectivity index (χ3n) is 5.91. The topological polar surface area (TPSA) is 97.3 Å². The van der Waals surface area contributed by atoms with E-state index in [-0.39, 0.29) is 12.5 Å². The van der Waals surface area contributed by atoms with Crippen molar-refractivity contribution < 1.29 is 10.2 Å². The fourth-order valence-electron chi connectivity index (χ4n) is 4.11. The van der Waals surface area contributed by atoms with Gasteiger partial charge >= 0.3 is 0 Å². The van der Waals surface area contributed by atoms with Crippen molar-refractivity contribution in [3.8, 4) is 0 Å². The Hall–Kier alpha value is -3.16. The fraction of sp³-hybridized carbons (Fsp3) is 0.304. The highest BCUT2D eigenvalue weighted by Crippen LogP contribution is 2.26. The van der Waals surface area contributed by atoms with Crippen LogP contribution in [0.5, 0.6) is 0 Å². The molecule has 7 nitrogen and oxygen atoms in total. The van der Waals surface area contributed by atoms with Crippen LogP contribution in [0, 0.1) is 5.92 Å². The van der Waals surface area contributed by atoms with Crippen molar-refractivity contribution in [3.05, 3.63) is 60.4 Å². The minimum Gasteiger partial charge on any atom is -0.396 e. The monoisotopic (exact) mass is 403 g/mol. The van der Waals surface area contributed by atoms with Crippen molar-refractivity contribution in [2.45, 2.75) is 19.1 Å². The molecule has 1 saturated heterocycles. The Bertz CT molecular complexity index is 1170. The first-order chi connectivity index (χ1) is 14.7. The lowest BCUT2D eigenvalue weighted by atomic mass is 9.95. The molecule has 4 N–H and O–H groups in total. The molecule has 30 heavy (non-hydrogen) atoms. The van der Waals surface area contributed by atoms with Gasteiger partial charge in [-0.1, -0.05) is 12.1 Å². The summed E-state index contributed by atoms with van der Waals surface area (Å²) in [4.78, 5) is 14.7. The molecule has 0 amide bonds. The summed E-state index contributed by atoms with van der Waals surface area (Å²) < 4.78 is 0. The number of anilines is 2. The highest BCUT2D eigenvalue weighted by molar-refractivity contribution is 5.81. The van der Waals surface area contributed by atoms with Crippen LogP contribution >= 0.6 is 0 Å². The molecular weight excluding hydrogens is 378 g/mol. The van der Waals surface area contributed by atoms with Crippen molar-refractivity contribution in [3.63, 3.8) is 0 Å². The van der Waals surface area contributed by atoms with Crippen LogP contribution in [0.3, 0.4) is 0 Å². The number of rotatable bonds is 5. The highest BCUT2D eigenvalue weighted by Gasteiger charge is 2.27. The van der Waals surface area contributed by atoms with E-state index in [1.165, 1.54) is 10.9 Å². The number of hydrogen-bond acceptors (Lipinski definition) is 6. The first kappa shape index (κ1) is 18.8. The molecule has 3 heterocycles. The number of hydrogen-bond donors (Lipinski definition) is 4. The van der Waals surface area contributed by atoms with E-state index < -0.39 is 6.10 Å². The number of aliphatic hydroxyl groups is 2. The van der Waals surface area contributed by atoms with Gasteiger partial charge in [-0.05, 0) is 47.7 Å². The first-order valence-corrected chi connectivity index (χ1v) is 10.3. The number of nitrogens with one attached hydrogen (secondary N) is 2. The Kier molecular flexibility index (Phi) is 4.98. The third kappa shape index (κ3) is 3.69. The standard InChI is InChI=1S/C23H25N5O2/c29-14-17-13-28(8-6-22(17)30)18-3-4-19-21(10-18)27-23(12-25-19)26-11-15-1-2-16-5-7-24-20(16)9-15/h1-5,7,9-10,12,17,22,24,29-30H,6,8,11,13-14H2,(H,26,27). The maximum absolute atomic E-state index is 10.0. The molecule has 1 aliphatic heterocycles. The molecule has 2 unspecified atom stereocenters. The summed E-state index contributed by atoms with van der Waals surface area (Å²) >= 11 is 0. The molecule has 0 saturated carbocycles. The number of fused-ring (bicyclic) bond motifs is 2. The lowest BCUT2D eigenvalue weighted by Crippen LogP contribution is -2.44. The van der Waals surface area contributed by atoms with Crippen LogP contribution in [0.25, 0.3) is 21.9 Å². The van der Waals surface area contributed by atoms with Crippen molar-refractivity contribution in [2.24, 2.45) is 5.92 Å². The predicted molar refractivity (Wildman–Crippen MR) is 119 cm³/mol. The molecule has 4 aromatic rings. The number of piperidine rings is 1. The number of H-pyrrole nitrogens is 1. The van der Waals surface area contributed by atoms with Gasteiger partial charge in [0.05, 0.1) is 29.9 Å². The molecule has 0 radical (unpaired) electrons. The summed E-state index contributed by atoms with van der Waals surface area (Å²) in [6.07, 6.45) is 3.92. The Morgan fingerprint density at radius 1 is 1.13 bits per heavy atom. The predicted octanol–water partition coefficient (Wildman–Crippen LogP) is 2.90. The van der Waals surface area contributed by atoms with Crippen LogP contribution in [-0.4, -0.2) is 51.0 Å². The molecule has 0 bridgehead atoms. The molecule has 2 aromatic heterocycles. The van der Waals surface area contributed by atoms with Crippen molar-refractivity contribution in [1.82, 2.24) is 15.0 Å². The fourth-order valence-corrected chi connectivity index (χ4v) is 4.11. The number of nitrogens with zero attached hydrogens (tertiary/aromatic N) is 3. The van der Waals surface area contributed by atoms with E-state index in [0.717, 1.165) is 34.6 Å². The Balaban J connectivity index is 1.34. The second-order valence-electron chi connectivity index (χ2n) is 7.93. The molecule has 1 aliphatic rings. The zero-order valence-electron chi connectivity index (χ0n) is 16.6. The number of aromatic nitrogens is 3. The number of aromatic amines is 1. The Morgan fingerprint density at radius 2 is 2.07 bits per heavy atom. The molecule has 2 aromatic carbocycles. The van der Waals surface area contributed by atoms with Crippen LogP contribution in [0.1, 0.15) is 12.0 Å². The maximum Gasteiger partial charge on any atom is 0.145 e. The molecular formula is C23H25N5O2. The van der Waals surface area contributed by atoms with E-state index in [1.807, 2.05) is 24.4 Å². The van der Waals surface area contributed by atoms with Crippen molar-refractivity contribution in [2.75, 3.05) is 29.9 Å². The SMILES string of the molecule is OCC1CN(c2ccc3ncc(NCc4ccc5cc[nH]c5c4)nc3c2)CCC1O. The summed E-state index contributed by atoms with van der Waals surface area (Å²) in [6.45, 7) is 2.05. The van der Waals surface area contributed by atoms with Gasteiger partial charge in [-0.25, -0.2) is 4.98 Å². The largest absolute Gasteiger partial charge is 0.396 e. The van der Waals surface area contributed by atoms with E-state index in [1.54, 1.807) is 6.20 Å². The molecule has 2 atom stereocenters. The third-order valence-corrected chi connectivity index (χ3v) is 5.91. The zero-order chi connectivity index (χ0) is 20.5. The second-order valence-corrected chi connectivity index (χ2v) is 7.93. The number of benzene rings is 2. The van der Waals surface area contributed by atoms with Gasteiger partial charge in [-0.2, -0.15) is 0 Å². The zero-order valence-corrected chi connectivity index (χ0v) is 16.6. The number of aliphatic hydroxyl groups excluding tert-OH is 2. The maximum atomic E-state index is 10.0. The van der Waals surface area contributed by atoms with Gasteiger partial charge in [0.25, 0.3) is 0 Å². The average molecular weight is 403 g/mol. The van der Waals surface area contributed by atoms with Crippen LogP contribution in [0.15, 0.2) is 54.9 Å². The van der Waals surface area contributed by atoms with Gasteiger partial charge in [-0.3, -0.25) is 4.98 Å². The molecule has 1 fully saturated rings. The minimum atomic E-state index is -0.438. The lowest BCUT2D eigenvalue weighted by Gasteiger charge is -2.36. The van der Waals surface area contributed by atoms with Crippen LogP contribution in [0.4, 0.5) is 11.5 Å². The van der Waals surface area contributed by atoms with Gasteiger partial charge in [0.2, 0.25) is 0 Å². The quantitative estimate of drug-likeness (QED) is 0.409. The van der Waals surface area contributed by atoms with E-state index in [9.17, 15) is 10.2 Å². The van der Waals surface area contributed by atoms with E-state index in [4.69, 9.17) is 4.98 Å². The van der Waals surface area contributed by atoms with Gasteiger partial charge in [0, 0.05) is 43.0 Å². The molecule has 154 valence electrons. The molecule has 5 rings (SSSR count). The summed E-state index contributed by atoms with van der Waals surface area (Å²) in [6, 6.07) is 14.4. The van der Waals surface area contributed by atoms with E-state index in [0.29, 0.717) is 19.5 Å². The minimum absolute atomic E-state index is 0.00655. The molecule has 0 spiro atoms. The second kappa shape index (κ2) is 7.93. The van der Waals surface area contributed by atoms with E-state index in [2.05, 4.69) is 44.5 Å². The summed E-state index contributed by atoms with van der Waals surface area (Å²) in [5.74, 6) is 0.610. The molecule has 0 aliphatic carbocycles. The Labute approximate surface area is 174 Å². The smallest absolute Gasteiger partial charge is 0.145 e. The average Bonchev–Trinajstić information content (AvgIpc) is 3.25. The lowest BCUT2D eigenvalue weighted by molar-refractivity contribution is 0.0526. The summed E-state index contributed by atoms with van der Waals surface area (Å²) in [5, 5.41) is 24.1.